The average Bonchev–Trinajstić information content (AvgIpc) is 3.76. The van der Waals surface area contributed by atoms with Gasteiger partial charge in [-0.25, -0.2) is 8.78 Å². The number of aliphatic carboxylic acids is 1. The molecule has 2 aromatic rings. The molecule has 1 saturated heterocycles. The number of hydrogen-bond donors (Lipinski definition) is 2. The lowest BCUT2D eigenvalue weighted by molar-refractivity contribution is -0.139. The SMILES string of the molecule is O=C(O)CC1CCC1NC(=O)c1cc(C2CC2)c(OCC2(F)CCN(Cc3cc(C(F)(F)F)ccc3Cl)CC2)cc1F. The van der Waals surface area contributed by atoms with Crippen molar-refractivity contribution in [3.63, 3.8) is 0 Å². The predicted octanol–water partition coefficient (Wildman–Crippen LogP) is 6.74. The molecule has 0 spiro atoms. The molecule has 0 radical (unpaired) electrons. The highest BCUT2D eigenvalue weighted by atomic mass is 35.5. The molecule has 0 aromatic heterocycles. The molecule has 1 aliphatic heterocycles. The largest absolute Gasteiger partial charge is 0.490 e. The molecular formula is C30H32ClF5N2O4. The van der Waals surface area contributed by atoms with Gasteiger partial charge >= 0.3 is 12.1 Å². The van der Waals surface area contributed by atoms with Crippen LogP contribution in [0.2, 0.25) is 5.02 Å². The summed E-state index contributed by atoms with van der Waals surface area (Å²) in [6.45, 7) is 0.381. The third-order valence-electron chi connectivity index (χ3n) is 8.54. The van der Waals surface area contributed by atoms with Gasteiger partial charge in [0.05, 0.1) is 17.5 Å². The zero-order chi connectivity index (χ0) is 30.2. The van der Waals surface area contributed by atoms with E-state index in [9.17, 15) is 22.8 Å². The van der Waals surface area contributed by atoms with Crippen molar-refractivity contribution in [2.75, 3.05) is 19.7 Å². The van der Waals surface area contributed by atoms with E-state index in [1.165, 1.54) is 12.1 Å². The summed E-state index contributed by atoms with van der Waals surface area (Å²) in [5, 5.41) is 12.0. The molecule has 1 heterocycles. The Bertz CT molecular complexity index is 1340. The van der Waals surface area contributed by atoms with Gasteiger partial charge in [0.25, 0.3) is 5.91 Å². The van der Waals surface area contributed by atoms with Crippen molar-refractivity contribution in [3.05, 3.63) is 63.4 Å². The summed E-state index contributed by atoms with van der Waals surface area (Å²) < 4.78 is 76.0. The average molecular weight is 615 g/mol. The van der Waals surface area contributed by atoms with E-state index in [1.54, 1.807) is 0 Å². The lowest BCUT2D eigenvalue weighted by Gasteiger charge is -2.36. The number of likely N-dealkylation sites (tertiary alicyclic amines) is 1. The molecule has 1 amide bonds. The molecule has 0 bridgehead atoms. The second-order valence-corrected chi connectivity index (χ2v) is 12.1. The number of carbonyl (C=O) groups excluding carboxylic acids is 1. The molecule has 2 unspecified atom stereocenters. The Labute approximate surface area is 245 Å². The molecule has 2 aromatic carbocycles. The third kappa shape index (κ3) is 7.16. The van der Waals surface area contributed by atoms with E-state index in [2.05, 4.69) is 5.32 Å². The van der Waals surface area contributed by atoms with Gasteiger partial charge in [0.2, 0.25) is 0 Å². The number of rotatable bonds is 10. The molecule has 5 rings (SSSR count). The fourth-order valence-electron chi connectivity index (χ4n) is 5.63. The standard InChI is InChI=1S/C30H32ClF5N2O4/c31-23-5-4-20(30(34,35)36)11-19(23)15-38-9-7-29(33,8-10-38)16-42-26-14-24(32)22(13-21(26)17-1-2-17)28(41)37-25-6-3-18(25)12-27(39)40/h4-5,11,13-14,17-18,25H,1-3,6-10,12,15-16H2,(H,37,41)(H,39,40). The van der Waals surface area contributed by atoms with Crippen LogP contribution in [0.5, 0.6) is 5.75 Å². The second kappa shape index (κ2) is 12.0. The number of carboxylic acids is 1. The van der Waals surface area contributed by atoms with Crippen LogP contribution in [0.25, 0.3) is 0 Å². The first-order chi connectivity index (χ1) is 19.8. The Morgan fingerprint density at radius 2 is 1.81 bits per heavy atom. The van der Waals surface area contributed by atoms with Crippen molar-refractivity contribution < 1.29 is 41.4 Å². The summed E-state index contributed by atoms with van der Waals surface area (Å²) in [5.41, 5.74) is -1.71. The number of carbonyl (C=O) groups is 2. The molecule has 3 fully saturated rings. The first kappa shape index (κ1) is 30.5. The molecule has 6 nitrogen and oxygen atoms in total. The summed E-state index contributed by atoms with van der Waals surface area (Å²) >= 11 is 6.12. The van der Waals surface area contributed by atoms with Crippen molar-refractivity contribution in [1.29, 1.82) is 0 Å². The minimum Gasteiger partial charge on any atom is -0.490 e. The van der Waals surface area contributed by atoms with Gasteiger partial charge in [-0.15, -0.1) is 0 Å². The minimum absolute atomic E-state index is 0.0603. The van der Waals surface area contributed by atoms with E-state index in [4.69, 9.17) is 21.4 Å². The number of nitrogens with zero attached hydrogens (tertiary/aromatic N) is 1. The number of ether oxygens (including phenoxy) is 1. The van der Waals surface area contributed by atoms with Crippen molar-refractivity contribution >= 4 is 23.5 Å². The Morgan fingerprint density at radius 3 is 2.40 bits per heavy atom. The second-order valence-electron chi connectivity index (χ2n) is 11.7. The fraction of sp³-hybridized carbons (Fsp3) is 0.533. The monoisotopic (exact) mass is 614 g/mol. The smallest absolute Gasteiger partial charge is 0.416 e. The highest BCUT2D eigenvalue weighted by Crippen LogP contribution is 2.46. The van der Waals surface area contributed by atoms with E-state index < -0.39 is 35.1 Å². The van der Waals surface area contributed by atoms with Gasteiger partial charge in [0.1, 0.15) is 23.8 Å². The van der Waals surface area contributed by atoms with Gasteiger partial charge in [-0.2, -0.15) is 13.2 Å². The molecule has 12 heteroatoms. The normalized spacial score (nSPS) is 22.3. The van der Waals surface area contributed by atoms with E-state index in [-0.39, 0.29) is 79.7 Å². The van der Waals surface area contributed by atoms with Gasteiger partial charge in [-0.3, -0.25) is 14.5 Å². The molecule has 2 saturated carbocycles. The Hall–Kier alpha value is -2.92. The zero-order valence-corrected chi connectivity index (χ0v) is 23.5. The number of carboxylic acid groups (broad SMARTS) is 1. The van der Waals surface area contributed by atoms with Crippen molar-refractivity contribution in [3.8, 4) is 5.75 Å². The number of piperidine rings is 1. The first-order valence-electron chi connectivity index (χ1n) is 14.1. The Morgan fingerprint density at radius 1 is 1.10 bits per heavy atom. The quantitative estimate of drug-likeness (QED) is 0.290. The number of nitrogens with one attached hydrogen (secondary N) is 1. The maximum atomic E-state index is 15.7. The lowest BCUT2D eigenvalue weighted by Crippen LogP contribution is -2.47. The van der Waals surface area contributed by atoms with Crippen LogP contribution in [0.3, 0.4) is 0 Å². The van der Waals surface area contributed by atoms with Crippen LogP contribution in [-0.2, 0) is 17.5 Å². The third-order valence-corrected chi connectivity index (χ3v) is 8.91. The summed E-state index contributed by atoms with van der Waals surface area (Å²) in [6, 6.07) is 5.40. The Kier molecular flexibility index (Phi) is 8.72. The van der Waals surface area contributed by atoms with E-state index >= 15 is 8.78 Å². The molecule has 3 aliphatic rings. The highest BCUT2D eigenvalue weighted by Gasteiger charge is 2.38. The molecule has 2 N–H and O–H groups in total. The maximum Gasteiger partial charge on any atom is 0.416 e. The van der Waals surface area contributed by atoms with Gasteiger partial charge < -0.3 is 15.2 Å². The number of halogens is 6. The van der Waals surface area contributed by atoms with Crippen LogP contribution in [0.15, 0.2) is 30.3 Å². The summed E-state index contributed by atoms with van der Waals surface area (Å²) in [4.78, 5) is 25.7. The first-order valence-corrected chi connectivity index (χ1v) is 14.4. The zero-order valence-electron chi connectivity index (χ0n) is 22.8. The fourth-order valence-corrected chi connectivity index (χ4v) is 5.81. The molecule has 228 valence electrons. The number of hydrogen-bond acceptors (Lipinski definition) is 4. The summed E-state index contributed by atoms with van der Waals surface area (Å²) in [6.07, 6.45) is -1.42. The van der Waals surface area contributed by atoms with Crippen LogP contribution < -0.4 is 10.1 Å². The van der Waals surface area contributed by atoms with Crippen LogP contribution in [0, 0.1) is 11.7 Å². The number of alkyl halides is 4. The lowest BCUT2D eigenvalue weighted by atomic mass is 9.77. The number of amides is 1. The molecule has 42 heavy (non-hydrogen) atoms. The molecule has 2 aliphatic carbocycles. The van der Waals surface area contributed by atoms with Crippen molar-refractivity contribution in [2.45, 2.75) is 75.3 Å². The molecule has 2 atom stereocenters. The molecular weight excluding hydrogens is 583 g/mol. The predicted molar refractivity (Wildman–Crippen MR) is 145 cm³/mol. The van der Waals surface area contributed by atoms with Gasteiger partial charge in [-0.05, 0) is 85.8 Å². The van der Waals surface area contributed by atoms with Gasteiger partial charge in [0, 0.05) is 36.8 Å². The van der Waals surface area contributed by atoms with Gasteiger partial charge in [0.15, 0.2) is 0 Å². The van der Waals surface area contributed by atoms with E-state index in [0.717, 1.165) is 31.0 Å². The summed E-state index contributed by atoms with van der Waals surface area (Å²) in [7, 11) is 0. The van der Waals surface area contributed by atoms with Crippen LogP contribution in [0.1, 0.15) is 77.9 Å². The topological polar surface area (TPSA) is 78.9 Å². The minimum atomic E-state index is -4.49. The number of benzene rings is 2. The van der Waals surface area contributed by atoms with Gasteiger partial charge in [-0.1, -0.05) is 11.6 Å². The van der Waals surface area contributed by atoms with Crippen molar-refractivity contribution in [2.24, 2.45) is 5.92 Å². The Balaban J connectivity index is 1.19. The van der Waals surface area contributed by atoms with E-state index in [0.29, 0.717) is 24.0 Å². The van der Waals surface area contributed by atoms with Crippen molar-refractivity contribution in [1.82, 2.24) is 10.2 Å². The van der Waals surface area contributed by atoms with E-state index in [1.807, 2.05) is 4.90 Å². The summed E-state index contributed by atoms with van der Waals surface area (Å²) in [5.74, 6) is -2.29. The van der Waals surface area contributed by atoms with Crippen LogP contribution in [0.4, 0.5) is 22.0 Å². The maximum absolute atomic E-state index is 15.7. The van der Waals surface area contributed by atoms with Crippen LogP contribution in [-0.4, -0.2) is 53.3 Å². The highest BCUT2D eigenvalue weighted by molar-refractivity contribution is 6.31. The van der Waals surface area contributed by atoms with Crippen LogP contribution >= 0.6 is 11.6 Å².